The summed E-state index contributed by atoms with van der Waals surface area (Å²) in [5.74, 6) is -0.275. The Morgan fingerprint density at radius 3 is 2.94 bits per heavy atom. The van der Waals surface area contributed by atoms with Crippen LogP contribution in [0.15, 0.2) is 36.5 Å². The van der Waals surface area contributed by atoms with Crippen molar-refractivity contribution in [3.63, 3.8) is 0 Å². The third kappa shape index (κ3) is 2.23. The molecule has 2 aromatic rings. The number of aromatic nitrogens is 1. The van der Waals surface area contributed by atoms with Crippen LogP contribution in [0.5, 0.6) is 0 Å². The van der Waals surface area contributed by atoms with Crippen molar-refractivity contribution in [1.82, 2.24) is 10.3 Å². The summed E-state index contributed by atoms with van der Waals surface area (Å²) in [5.41, 5.74) is 1.14. The molecule has 4 heteroatoms. The topological polar surface area (TPSA) is 65.8 Å². The largest absolute Gasteiger partial charge is 0.336 e. The maximum absolute atomic E-state index is 11.9. The van der Waals surface area contributed by atoms with Crippen molar-refractivity contribution in [2.75, 3.05) is 0 Å². The number of benzene rings is 1. The van der Waals surface area contributed by atoms with Gasteiger partial charge in [0.15, 0.2) is 0 Å². The molecule has 84 valence electrons. The lowest BCUT2D eigenvalue weighted by atomic mass is 10.1. The fourth-order valence-corrected chi connectivity index (χ4v) is 1.59. The normalized spacial score (nSPS) is 11.8. The van der Waals surface area contributed by atoms with Crippen molar-refractivity contribution < 1.29 is 4.79 Å². The summed E-state index contributed by atoms with van der Waals surface area (Å²) in [6.07, 6.45) is 1.65. The van der Waals surface area contributed by atoms with E-state index in [4.69, 9.17) is 5.26 Å². The SMILES string of the molecule is CC(C#N)NC(=O)c1cccc2cccnc12. The highest BCUT2D eigenvalue weighted by atomic mass is 16.1. The lowest BCUT2D eigenvalue weighted by Gasteiger charge is -2.08. The van der Waals surface area contributed by atoms with Crippen LogP contribution < -0.4 is 5.32 Å². The molecule has 0 aliphatic rings. The number of para-hydroxylation sites is 1. The molecule has 1 N–H and O–H groups in total. The molecule has 2 rings (SSSR count). The minimum absolute atomic E-state index is 0.275. The van der Waals surface area contributed by atoms with Crippen LogP contribution in [-0.2, 0) is 0 Å². The fraction of sp³-hybridized carbons (Fsp3) is 0.154. The number of hydrogen-bond acceptors (Lipinski definition) is 3. The van der Waals surface area contributed by atoms with Crippen LogP contribution in [0.2, 0.25) is 0 Å². The van der Waals surface area contributed by atoms with Gasteiger partial charge >= 0.3 is 0 Å². The first-order valence-corrected chi connectivity index (χ1v) is 5.26. The molecule has 1 unspecified atom stereocenters. The Balaban J connectivity index is 2.42. The quantitative estimate of drug-likeness (QED) is 0.848. The first-order valence-electron chi connectivity index (χ1n) is 5.26. The van der Waals surface area contributed by atoms with E-state index in [0.29, 0.717) is 11.1 Å². The van der Waals surface area contributed by atoms with Gasteiger partial charge in [0.25, 0.3) is 5.91 Å². The molecule has 0 spiro atoms. The van der Waals surface area contributed by atoms with Crippen molar-refractivity contribution in [2.24, 2.45) is 0 Å². The average molecular weight is 225 g/mol. The van der Waals surface area contributed by atoms with Gasteiger partial charge in [-0.2, -0.15) is 5.26 Å². The Morgan fingerprint density at radius 1 is 1.41 bits per heavy atom. The predicted octanol–water partition coefficient (Wildman–Crippen LogP) is 1.88. The van der Waals surface area contributed by atoms with Gasteiger partial charge in [-0.3, -0.25) is 9.78 Å². The van der Waals surface area contributed by atoms with Crippen LogP contribution in [0.25, 0.3) is 10.9 Å². The fourth-order valence-electron chi connectivity index (χ4n) is 1.59. The van der Waals surface area contributed by atoms with E-state index in [9.17, 15) is 4.79 Å². The van der Waals surface area contributed by atoms with Gasteiger partial charge in [-0.1, -0.05) is 18.2 Å². The zero-order chi connectivity index (χ0) is 12.3. The molecule has 17 heavy (non-hydrogen) atoms. The van der Waals surface area contributed by atoms with Crippen molar-refractivity contribution in [1.29, 1.82) is 5.26 Å². The number of amides is 1. The Morgan fingerprint density at radius 2 is 2.18 bits per heavy atom. The zero-order valence-electron chi connectivity index (χ0n) is 9.34. The summed E-state index contributed by atoms with van der Waals surface area (Å²) in [7, 11) is 0. The molecular formula is C13H11N3O. The molecule has 1 aromatic heterocycles. The van der Waals surface area contributed by atoms with E-state index in [0.717, 1.165) is 5.39 Å². The number of carbonyl (C=O) groups excluding carboxylic acids is 1. The van der Waals surface area contributed by atoms with Gasteiger partial charge in [-0.05, 0) is 19.1 Å². The van der Waals surface area contributed by atoms with Crippen LogP contribution in [-0.4, -0.2) is 16.9 Å². The molecule has 1 heterocycles. The molecule has 1 atom stereocenters. The molecule has 0 aliphatic heterocycles. The second-order valence-electron chi connectivity index (χ2n) is 3.70. The van der Waals surface area contributed by atoms with E-state index in [1.807, 2.05) is 24.3 Å². The summed E-state index contributed by atoms with van der Waals surface area (Å²) in [6.45, 7) is 1.64. The van der Waals surface area contributed by atoms with Gasteiger partial charge in [0, 0.05) is 11.6 Å². The molecule has 1 aromatic carbocycles. The molecule has 4 nitrogen and oxygen atoms in total. The Kier molecular flexibility index (Phi) is 3.01. The molecular weight excluding hydrogens is 214 g/mol. The number of fused-ring (bicyclic) bond motifs is 1. The van der Waals surface area contributed by atoms with Crippen LogP contribution in [0.4, 0.5) is 0 Å². The van der Waals surface area contributed by atoms with Crippen molar-refractivity contribution >= 4 is 16.8 Å². The third-order valence-electron chi connectivity index (χ3n) is 2.42. The summed E-state index contributed by atoms with van der Waals surface area (Å²) in [4.78, 5) is 16.1. The molecule has 0 fully saturated rings. The zero-order valence-corrected chi connectivity index (χ0v) is 9.34. The van der Waals surface area contributed by atoms with Crippen LogP contribution in [0.3, 0.4) is 0 Å². The van der Waals surface area contributed by atoms with E-state index in [2.05, 4.69) is 10.3 Å². The van der Waals surface area contributed by atoms with Gasteiger partial charge < -0.3 is 5.32 Å². The smallest absolute Gasteiger partial charge is 0.254 e. The number of carbonyl (C=O) groups is 1. The van der Waals surface area contributed by atoms with E-state index in [-0.39, 0.29) is 5.91 Å². The highest BCUT2D eigenvalue weighted by molar-refractivity contribution is 6.05. The van der Waals surface area contributed by atoms with Crippen molar-refractivity contribution in [2.45, 2.75) is 13.0 Å². The van der Waals surface area contributed by atoms with Crippen molar-refractivity contribution in [3.05, 3.63) is 42.1 Å². The average Bonchev–Trinajstić information content (AvgIpc) is 2.37. The van der Waals surface area contributed by atoms with Gasteiger partial charge in [0.05, 0.1) is 17.1 Å². The predicted molar refractivity (Wildman–Crippen MR) is 64.3 cm³/mol. The van der Waals surface area contributed by atoms with E-state index in [1.165, 1.54) is 0 Å². The van der Waals surface area contributed by atoms with Crippen LogP contribution in [0, 0.1) is 11.3 Å². The second kappa shape index (κ2) is 4.62. The van der Waals surface area contributed by atoms with Crippen LogP contribution in [0.1, 0.15) is 17.3 Å². The number of hydrogen-bond donors (Lipinski definition) is 1. The van der Waals surface area contributed by atoms with Gasteiger partial charge in [-0.15, -0.1) is 0 Å². The summed E-state index contributed by atoms with van der Waals surface area (Å²) in [6, 6.07) is 10.6. The standard InChI is InChI=1S/C13H11N3O/c1-9(8-14)16-13(17)11-6-2-4-10-5-3-7-15-12(10)11/h2-7,9H,1H3,(H,16,17). The number of nitriles is 1. The number of nitrogens with one attached hydrogen (secondary N) is 1. The summed E-state index contributed by atoms with van der Waals surface area (Å²) >= 11 is 0. The number of nitrogens with zero attached hydrogens (tertiary/aromatic N) is 2. The molecule has 0 radical (unpaired) electrons. The Bertz CT molecular complexity index is 596. The van der Waals surface area contributed by atoms with E-state index >= 15 is 0 Å². The van der Waals surface area contributed by atoms with Gasteiger partial charge in [0.2, 0.25) is 0 Å². The third-order valence-corrected chi connectivity index (χ3v) is 2.42. The molecule has 1 amide bonds. The first-order chi connectivity index (χ1) is 8.22. The van der Waals surface area contributed by atoms with Crippen LogP contribution >= 0.6 is 0 Å². The molecule has 0 saturated carbocycles. The highest BCUT2D eigenvalue weighted by Gasteiger charge is 2.12. The lowest BCUT2D eigenvalue weighted by molar-refractivity contribution is 0.0949. The molecule has 0 saturated heterocycles. The summed E-state index contributed by atoms with van der Waals surface area (Å²) in [5, 5.41) is 12.2. The maximum atomic E-state index is 11.9. The number of pyridine rings is 1. The minimum Gasteiger partial charge on any atom is -0.336 e. The van der Waals surface area contributed by atoms with E-state index < -0.39 is 6.04 Å². The second-order valence-corrected chi connectivity index (χ2v) is 3.70. The Labute approximate surface area is 98.9 Å². The number of rotatable bonds is 2. The van der Waals surface area contributed by atoms with Gasteiger partial charge in [0.1, 0.15) is 6.04 Å². The summed E-state index contributed by atoms with van der Waals surface area (Å²) < 4.78 is 0. The minimum atomic E-state index is -0.513. The molecule has 0 bridgehead atoms. The van der Waals surface area contributed by atoms with Crippen molar-refractivity contribution in [3.8, 4) is 6.07 Å². The molecule has 0 aliphatic carbocycles. The first kappa shape index (κ1) is 11.1. The van der Waals surface area contributed by atoms with Gasteiger partial charge in [-0.25, -0.2) is 0 Å². The lowest BCUT2D eigenvalue weighted by Crippen LogP contribution is -2.31. The maximum Gasteiger partial charge on any atom is 0.254 e. The van der Waals surface area contributed by atoms with E-state index in [1.54, 1.807) is 25.3 Å². The monoisotopic (exact) mass is 225 g/mol. The Hall–Kier alpha value is -2.41. The highest BCUT2D eigenvalue weighted by Crippen LogP contribution is 2.15.